The number of hydrogen-bond acceptors (Lipinski definition) is 2. The summed E-state index contributed by atoms with van der Waals surface area (Å²) in [6, 6.07) is 13.4. The first-order valence-corrected chi connectivity index (χ1v) is 10.8. The van der Waals surface area contributed by atoms with Gasteiger partial charge in [0, 0.05) is 29.1 Å². The van der Waals surface area contributed by atoms with Gasteiger partial charge in [-0.1, -0.05) is 41.4 Å². The van der Waals surface area contributed by atoms with Crippen LogP contribution in [0.5, 0.6) is 0 Å². The summed E-state index contributed by atoms with van der Waals surface area (Å²) in [7, 11) is 2.00. The van der Waals surface area contributed by atoms with Crippen LogP contribution in [0.2, 0.25) is 0 Å². The first kappa shape index (κ1) is 20.5. The van der Waals surface area contributed by atoms with E-state index >= 15 is 0 Å². The van der Waals surface area contributed by atoms with Gasteiger partial charge in [0.25, 0.3) is 0 Å². The second-order valence-corrected chi connectivity index (χ2v) is 8.61. The van der Waals surface area contributed by atoms with Crippen molar-refractivity contribution < 1.29 is 9.90 Å². The van der Waals surface area contributed by atoms with Crippen LogP contribution < -0.4 is 5.69 Å². The lowest BCUT2D eigenvalue weighted by atomic mass is 10.1. The number of para-hydroxylation sites is 2. The van der Waals surface area contributed by atoms with E-state index in [1.807, 2.05) is 50.5 Å². The number of carboxylic acids is 1. The van der Waals surface area contributed by atoms with Gasteiger partial charge < -0.3 is 9.67 Å². The van der Waals surface area contributed by atoms with Crippen LogP contribution in [0.15, 0.2) is 57.9 Å². The lowest BCUT2D eigenvalue weighted by molar-refractivity contribution is -0.137. The zero-order valence-electron chi connectivity index (χ0n) is 17.0. The molecule has 4 aromatic rings. The predicted molar refractivity (Wildman–Crippen MR) is 122 cm³/mol. The molecule has 2 heterocycles. The van der Waals surface area contributed by atoms with E-state index in [0.717, 1.165) is 38.4 Å². The number of halogens is 1. The molecule has 7 heteroatoms. The molecule has 30 heavy (non-hydrogen) atoms. The number of hydrogen-bond donors (Lipinski definition) is 1. The maximum absolute atomic E-state index is 13.5. The van der Waals surface area contributed by atoms with Gasteiger partial charge in [0.2, 0.25) is 0 Å². The minimum Gasteiger partial charge on any atom is -0.481 e. The van der Waals surface area contributed by atoms with Crippen molar-refractivity contribution in [2.75, 3.05) is 0 Å². The predicted octanol–water partition coefficient (Wildman–Crippen LogP) is 4.92. The zero-order chi connectivity index (χ0) is 21.4. The van der Waals surface area contributed by atoms with Crippen molar-refractivity contribution in [2.45, 2.75) is 38.8 Å². The maximum atomic E-state index is 13.5. The Bertz CT molecular complexity index is 1300. The molecule has 1 unspecified atom stereocenters. The molecule has 0 amide bonds. The molecule has 0 saturated heterocycles. The van der Waals surface area contributed by atoms with E-state index < -0.39 is 5.97 Å². The number of fused-ring (bicyclic) bond motifs is 2. The molecule has 0 aliphatic heterocycles. The lowest BCUT2D eigenvalue weighted by Gasteiger charge is -2.16. The molecule has 0 saturated carbocycles. The smallest absolute Gasteiger partial charge is 0.329 e. The Hall–Kier alpha value is -2.80. The highest BCUT2D eigenvalue weighted by molar-refractivity contribution is 9.10. The zero-order valence-corrected chi connectivity index (χ0v) is 18.6. The topological polar surface area (TPSA) is 69.2 Å². The standard InChI is InChI=1S/C23H24BrN3O3/c1-3-6-18(13-21(28)29)27-20-8-5-4-7-19(20)26(23(27)30)14-16-12-17(24)11-15-9-10-25(2)22(15)16/h4-5,7-12,18H,3,6,13-14H2,1-2H3,(H,28,29). The van der Waals surface area contributed by atoms with Crippen LogP contribution in [-0.2, 0) is 18.4 Å². The van der Waals surface area contributed by atoms with Crippen molar-refractivity contribution in [2.24, 2.45) is 7.05 Å². The first-order chi connectivity index (χ1) is 14.4. The van der Waals surface area contributed by atoms with E-state index in [-0.39, 0.29) is 18.2 Å². The Balaban J connectivity index is 1.91. The molecule has 0 bridgehead atoms. The Morgan fingerprint density at radius 3 is 2.60 bits per heavy atom. The van der Waals surface area contributed by atoms with Crippen molar-refractivity contribution in [1.29, 1.82) is 0 Å². The van der Waals surface area contributed by atoms with Gasteiger partial charge in [-0.2, -0.15) is 0 Å². The highest BCUT2D eigenvalue weighted by Crippen LogP contribution is 2.28. The molecule has 6 nitrogen and oxygen atoms in total. The van der Waals surface area contributed by atoms with Gasteiger partial charge in [-0.3, -0.25) is 13.9 Å². The SMILES string of the molecule is CCCC(CC(=O)O)n1c(=O)n(Cc2cc(Br)cc3ccn(C)c23)c2ccccc21. The van der Waals surface area contributed by atoms with Gasteiger partial charge in [-0.05, 0) is 42.3 Å². The summed E-state index contributed by atoms with van der Waals surface area (Å²) in [5.74, 6) is -0.894. The van der Waals surface area contributed by atoms with Crippen LogP contribution >= 0.6 is 15.9 Å². The van der Waals surface area contributed by atoms with E-state index in [1.165, 1.54) is 0 Å². The molecule has 1 atom stereocenters. The number of carboxylic acid groups (broad SMARTS) is 1. The largest absolute Gasteiger partial charge is 0.481 e. The molecule has 2 aromatic heterocycles. The third-order valence-corrected chi connectivity index (χ3v) is 6.07. The minimum absolute atomic E-state index is 0.0688. The molecule has 0 aliphatic carbocycles. The van der Waals surface area contributed by atoms with E-state index in [1.54, 1.807) is 9.13 Å². The van der Waals surface area contributed by atoms with Gasteiger partial charge in [0.1, 0.15) is 0 Å². The van der Waals surface area contributed by atoms with Gasteiger partial charge in [0.15, 0.2) is 0 Å². The fourth-order valence-corrected chi connectivity index (χ4v) is 4.91. The summed E-state index contributed by atoms with van der Waals surface area (Å²) in [6.45, 7) is 2.42. The third kappa shape index (κ3) is 3.58. The highest BCUT2D eigenvalue weighted by atomic mass is 79.9. The summed E-state index contributed by atoms with van der Waals surface area (Å²) in [6.07, 6.45) is 3.39. The monoisotopic (exact) mass is 469 g/mol. The number of aliphatic carboxylic acids is 1. The molecule has 0 aliphatic rings. The number of aromatic nitrogens is 3. The normalized spacial score (nSPS) is 12.6. The molecule has 0 fully saturated rings. The Kier molecular flexibility index (Phi) is 5.56. The van der Waals surface area contributed by atoms with Gasteiger partial charge in [-0.15, -0.1) is 0 Å². The van der Waals surface area contributed by atoms with Crippen molar-refractivity contribution >= 4 is 43.8 Å². The highest BCUT2D eigenvalue weighted by Gasteiger charge is 2.22. The molecular formula is C23H24BrN3O3. The van der Waals surface area contributed by atoms with Gasteiger partial charge in [-0.25, -0.2) is 4.79 Å². The number of nitrogens with zero attached hydrogens (tertiary/aromatic N) is 3. The molecule has 4 rings (SSSR count). The maximum Gasteiger partial charge on any atom is 0.329 e. The van der Waals surface area contributed by atoms with Crippen molar-refractivity contribution in [3.8, 4) is 0 Å². The summed E-state index contributed by atoms with van der Waals surface area (Å²) in [5.41, 5.74) is 3.54. The Morgan fingerprint density at radius 1 is 1.17 bits per heavy atom. The second-order valence-electron chi connectivity index (χ2n) is 7.70. The molecule has 0 spiro atoms. The van der Waals surface area contributed by atoms with Gasteiger partial charge >= 0.3 is 11.7 Å². The molecule has 156 valence electrons. The number of benzene rings is 2. The summed E-state index contributed by atoms with van der Waals surface area (Å²) in [5, 5.41) is 10.5. The fourth-order valence-electron chi connectivity index (χ4n) is 4.39. The molecule has 1 N–H and O–H groups in total. The third-order valence-electron chi connectivity index (χ3n) is 5.61. The van der Waals surface area contributed by atoms with Crippen molar-refractivity contribution in [1.82, 2.24) is 13.7 Å². The fraction of sp³-hybridized carbons (Fsp3) is 0.304. The second kappa shape index (κ2) is 8.14. The number of imidazole rings is 1. The summed E-state index contributed by atoms with van der Waals surface area (Å²) < 4.78 is 6.45. The van der Waals surface area contributed by atoms with Crippen LogP contribution in [0, 0.1) is 0 Å². The van der Waals surface area contributed by atoms with Crippen LogP contribution in [-0.4, -0.2) is 24.8 Å². The number of carbonyl (C=O) groups is 1. The van der Waals surface area contributed by atoms with Crippen LogP contribution in [0.1, 0.15) is 37.8 Å². The van der Waals surface area contributed by atoms with E-state index in [2.05, 4.69) is 32.6 Å². The molecule has 0 radical (unpaired) electrons. The van der Waals surface area contributed by atoms with Gasteiger partial charge in [0.05, 0.1) is 29.5 Å². The minimum atomic E-state index is -0.894. The quantitative estimate of drug-likeness (QED) is 0.417. The number of rotatable bonds is 7. The van der Waals surface area contributed by atoms with Crippen LogP contribution in [0.4, 0.5) is 0 Å². The number of aryl methyl sites for hydroxylation is 1. The molecular weight excluding hydrogens is 446 g/mol. The van der Waals surface area contributed by atoms with E-state index in [4.69, 9.17) is 0 Å². The van der Waals surface area contributed by atoms with Crippen molar-refractivity contribution in [3.05, 3.63) is 69.2 Å². The average Bonchev–Trinajstić information content (AvgIpc) is 3.19. The van der Waals surface area contributed by atoms with Crippen LogP contribution in [0.3, 0.4) is 0 Å². The first-order valence-electron chi connectivity index (χ1n) is 10.1. The van der Waals surface area contributed by atoms with Crippen LogP contribution in [0.25, 0.3) is 21.9 Å². The summed E-state index contributed by atoms with van der Waals surface area (Å²) in [4.78, 5) is 25.0. The van der Waals surface area contributed by atoms with Crippen molar-refractivity contribution in [3.63, 3.8) is 0 Å². The van der Waals surface area contributed by atoms with E-state index in [0.29, 0.717) is 13.0 Å². The summed E-state index contributed by atoms with van der Waals surface area (Å²) >= 11 is 3.58. The Morgan fingerprint density at radius 2 is 1.90 bits per heavy atom. The van der Waals surface area contributed by atoms with E-state index in [9.17, 15) is 14.7 Å². The Labute approximate surface area is 182 Å². The molecule has 2 aromatic carbocycles. The lowest BCUT2D eigenvalue weighted by Crippen LogP contribution is -2.29. The average molecular weight is 470 g/mol.